The maximum Gasteiger partial charge on any atom is 0.331 e. The SMILES string of the molecule is COc1ccc(C)cc1NC(=O)[C@@H](OC(=O)/C=C/c1ccsc1)c1ccccc1. The van der Waals surface area contributed by atoms with Crippen molar-refractivity contribution in [2.24, 2.45) is 0 Å². The summed E-state index contributed by atoms with van der Waals surface area (Å²) < 4.78 is 10.8. The molecule has 0 aliphatic carbocycles. The van der Waals surface area contributed by atoms with Gasteiger partial charge in [0, 0.05) is 11.6 Å². The Balaban J connectivity index is 1.81. The Bertz CT molecular complexity index is 997. The van der Waals surface area contributed by atoms with E-state index < -0.39 is 18.0 Å². The third-order valence-corrected chi connectivity index (χ3v) is 4.84. The monoisotopic (exact) mass is 407 g/mol. The van der Waals surface area contributed by atoms with E-state index in [0.29, 0.717) is 17.0 Å². The molecule has 3 rings (SSSR count). The van der Waals surface area contributed by atoms with Crippen molar-refractivity contribution in [2.45, 2.75) is 13.0 Å². The third kappa shape index (κ3) is 5.56. The van der Waals surface area contributed by atoms with Gasteiger partial charge in [-0.1, -0.05) is 36.4 Å². The van der Waals surface area contributed by atoms with Gasteiger partial charge in [0.05, 0.1) is 12.8 Å². The van der Waals surface area contributed by atoms with E-state index in [4.69, 9.17) is 9.47 Å². The van der Waals surface area contributed by atoms with Gasteiger partial charge in [-0.3, -0.25) is 4.79 Å². The number of nitrogens with one attached hydrogen (secondary N) is 1. The number of anilines is 1. The number of carbonyl (C=O) groups excluding carboxylic acids is 2. The lowest BCUT2D eigenvalue weighted by molar-refractivity contribution is -0.149. The lowest BCUT2D eigenvalue weighted by Gasteiger charge is -2.18. The van der Waals surface area contributed by atoms with Crippen molar-refractivity contribution in [3.05, 3.63) is 88.1 Å². The molecule has 0 spiro atoms. The average Bonchev–Trinajstić information content (AvgIpc) is 3.25. The first-order chi connectivity index (χ1) is 14.1. The molecule has 0 unspecified atom stereocenters. The number of thiophene rings is 1. The minimum absolute atomic E-state index is 0.461. The van der Waals surface area contributed by atoms with Crippen LogP contribution in [-0.2, 0) is 14.3 Å². The molecule has 2 aromatic carbocycles. The van der Waals surface area contributed by atoms with Crippen LogP contribution < -0.4 is 10.1 Å². The number of hydrogen-bond donors (Lipinski definition) is 1. The molecule has 5 nitrogen and oxygen atoms in total. The number of carbonyl (C=O) groups is 2. The predicted octanol–water partition coefficient (Wildman–Crippen LogP) is 5.00. The molecule has 0 aliphatic heterocycles. The van der Waals surface area contributed by atoms with Crippen LogP contribution in [0.15, 0.2) is 71.4 Å². The summed E-state index contributed by atoms with van der Waals surface area (Å²) in [6, 6.07) is 16.3. The molecular weight excluding hydrogens is 386 g/mol. The number of esters is 1. The molecule has 1 atom stereocenters. The Morgan fingerprint density at radius 3 is 2.59 bits per heavy atom. The van der Waals surface area contributed by atoms with Gasteiger partial charge in [0.2, 0.25) is 6.10 Å². The Kier molecular flexibility index (Phi) is 6.81. The quantitative estimate of drug-likeness (QED) is 0.442. The maximum atomic E-state index is 13.0. The van der Waals surface area contributed by atoms with Crippen molar-refractivity contribution in [3.8, 4) is 5.75 Å². The van der Waals surface area contributed by atoms with Gasteiger partial charge in [0.15, 0.2) is 0 Å². The lowest BCUT2D eigenvalue weighted by Crippen LogP contribution is -2.25. The minimum atomic E-state index is -1.10. The molecule has 0 saturated carbocycles. The summed E-state index contributed by atoms with van der Waals surface area (Å²) in [6.45, 7) is 1.92. The summed E-state index contributed by atoms with van der Waals surface area (Å²) in [6.07, 6.45) is 1.88. The molecule has 6 heteroatoms. The summed E-state index contributed by atoms with van der Waals surface area (Å²) in [7, 11) is 1.53. The van der Waals surface area contributed by atoms with Crippen LogP contribution in [-0.4, -0.2) is 19.0 Å². The summed E-state index contributed by atoms with van der Waals surface area (Å²) in [5.74, 6) is -0.534. The molecule has 0 saturated heterocycles. The number of rotatable bonds is 7. The normalized spacial score (nSPS) is 11.8. The van der Waals surface area contributed by atoms with Crippen LogP contribution >= 0.6 is 11.3 Å². The van der Waals surface area contributed by atoms with E-state index >= 15 is 0 Å². The molecule has 1 heterocycles. The molecule has 0 radical (unpaired) electrons. The molecular formula is C23H21NO4S. The first kappa shape index (κ1) is 20.4. The topological polar surface area (TPSA) is 64.6 Å². The first-order valence-corrected chi connectivity index (χ1v) is 9.92. The summed E-state index contributed by atoms with van der Waals surface area (Å²) in [4.78, 5) is 25.3. The fraction of sp³-hybridized carbons (Fsp3) is 0.130. The van der Waals surface area contributed by atoms with Crippen molar-refractivity contribution in [1.82, 2.24) is 0 Å². The van der Waals surface area contributed by atoms with Gasteiger partial charge in [0.25, 0.3) is 5.91 Å². The van der Waals surface area contributed by atoms with E-state index in [1.165, 1.54) is 24.5 Å². The van der Waals surface area contributed by atoms with E-state index in [2.05, 4.69) is 5.32 Å². The van der Waals surface area contributed by atoms with Crippen LogP contribution in [0.5, 0.6) is 5.75 Å². The van der Waals surface area contributed by atoms with Gasteiger partial charge in [0.1, 0.15) is 5.75 Å². The van der Waals surface area contributed by atoms with Gasteiger partial charge in [-0.15, -0.1) is 0 Å². The molecule has 1 amide bonds. The fourth-order valence-electron chi connectivity index (χ4n) is 2.71. The number of ether oxygens (including phenoxy) is 2. The first-order valence-electron chi connectivity index (χ1n) is 8.98. The Labute approximate surface area is 173 Å². The standard InChI is InChI=1S/C23H21NO4S/c1-16-8-10-20(27-2)19(14-16)24-23(26)22(18-6-4-3-5-7-18)28-21(25)11-9-17-12-13-29-15-17/h3-15,22H,1-2H3,(H,24,26)/b11-9+/t22-/m0/s1. The third-order valence-electron chi connectivity index (χ3n) is 4.14. The second-order valence-electron chi connectivity index (χ2n) is 6.31. The fourth-order valence-corrected chi connectivity index (χ4v) is 3.34. The summed E-state index contributed by atoms with van der Waals surface area (Å²) in [5, 5.41) is 6.64. The van der Waals surface area contributed by atoms with Gasteiger partial charge >= 0.3 is 5.97 Å². The molecule has 148 valence electrons. The number of methoxy groups -OCH3 is 1. The van der Waals surface area contributed by atoms with Gasteiger partial charge in [-0.2, -0.15) is 11.3 Å². The smallest absolute Gasteiger partial charge is 0.331 e. The van der Waals surface area contributed by atoms with Crippen molar-refractivity contribution in [1.29, 1.82) is 0 Å². The van der Waals surface area contributed by atoms with Crippen LogP contribution in [0.2, 0.25) is 0 Å². The van der Waals surface area contributed by atoms with Crippen LogP contribution in [0.25, 0.3) is 6.08 Å². The van der Waals surface area contributed by atoms with Crippen LogP contribution in [0.4, 0.5) is 5.69 Å². The molecule has 1 N–H and O–H groups in total. The molecule has 0 fully saturated rings. The zero-order chi connectivity index (χ0) is 20.6. The number of hydrogen-bond acceptors (Lipinski definition) is 5. The highest BCUT2D eigenvalue weighted by molar-refractivity contribution is 7.08. The molecule has 29 heavy (non-hydrogen) atoms. The van der Waals surface area contributed by atoms with Crippen molar-refractivity contribution in [3.63, 3.8) is 0 Å². The van der Waals surface area contributed by atoms with Crippen LogP contribution in [0, 0.1) is 6.92 Å². The van der Waals surface area contributed by atoms with E-state index in [0.717, 1.165) is 11.1 Å². The van der Waals surface area contributed by atoms with Gasteiger partial charge < -0.3 is 14.8 Å². The van der Waals surface area contributed by atoms with E-state index in [1.54, 1.807) is 42.5 Å². The second kappa shape index (κ2) is 9.71. The number of benzene rings is 2. The zero-order valence-corrected chi connectivity index (χ0v) is 16.9. The molecule has 3 aromatic rings. The molecule has 0 aliphatic rings. The van der Waals surface area contributed by atoms with E-state index in [9.17, 15) is 9.59 Å². The van der Waals surface area contributed by atoms with Gasteiger partial charge in [-0.25, -0.2) is 4.79 Å². The maximum absolute atomic E-state index is 13.0. The Morgan fingerprint density at radius 1 is 1.10 bits per heavy atom. The highest BCUT2D eigenvalue weighted by Crippen LogP contribution is 2.27. The number of amides is 1. The van der Waals surface area contributed by atoms with Crippen LogP contribution in [0.3, 0.4) is 0 Å². The van der Waals surface area contributed by atoms with Crippen LogP contribution in [0.1, 0.15) is 22.8 Å². The number of aryl methyl sites for hydroxylation is 1. The lowest BCUT2D eigenvalue weighted by atomic mass is 10.1. The van der Waals surface area contributed by atoms with Crippen molar-refractivity contribution < 1.29 is 19.1 Å². The minimum Gasteiger partial charge on any atom is -0.495 e. The van der Waals surface area contributed by atoms with E-state index in [1.807, 2.05) is 35.9 Å². The average molecular weight is 407 g/mol. The molecule has 0 bridgehead atoms. The largest absolute Gasteiger partial charge is 0.495 e. The predicted molar refractivity (Wildman–Crippen MR) is 115 cm³/mol. The summed E-state index contributed by atoms with van der Waals surface area (Å²) in [5.41, 5.74) is 2.96. The Hall–Kier alpha value is -3.38. The second-order valence-corrected chi connectivity index (χ2v) is 7.09. The zero-order valence-electron chi connectivity index (χ0n) is 16.1. The Morgan fingerprint density at radius 2 is 1.90 bits per heavy atom. The van der Waals surface area contributed by atoms with Crippen molar-refractivity contribution >= 4 is 35.0 Å². The highest BCUT2D eigenvalue weighted by atomic mass is 32.1. The van der Waals surface area contributed by atoms with Crippen molar-refractivity contribution in [2.75, 3.05) is 12.4 Å². The molecule has 1 aromatic heterocycles. The van der Waals surface area contributed by atoms with Gasteiger partial charge in [-0.05, 0) is 53.1 Å². The highest BCUT2D eigenvalue weighted by Gasteiger charge is 2.25. The van der Waals surface area contributed by atoms with E-state index in [-0.39, 0.29) is 0 Å². The summed E-state index contributed by atoms with van der Waals surface area (Å²) >= 11 is 1.53.